The van der Waals surface area contributed by atoms with Crippen LogP contribution < -0.4 is 4.90 Å². The highest BCUT2D eigenvalue weighted by molar-refractivity contribution is 7.89. The molecule has 0 unspecified atom stereocenters. The number of nitrogens with zero attached hydrogens (tertiary/aromatic N) is 3. The Kier molecular flexibility index (Phi) is 7.07. The molecule has 2 heterocycles. The fourth-order valence-corrected chi connectivity index (χ4v) is 6.13. The van der Waals surface area contributed by atoms with E-state index in [1.54, 1.807) is 6.07 Å². The Labute approximate surface area is 189 Å². The van der Waals surface area contributed by atoms with Crippen LogP contribution in [0.4, 0.5) is 11.4 Å². The highest BCUT2D eigenvalue weighted by atomic mass is 32.2. The quantitative estimate of drug-likeness (QED) is 0.465. The first kappa shape index (κ1) is 22.7. The minimum Gasteiger partial charge on any atom is -0.379 e. The molecule has 2 aromatic carbocycles. The smallest absolute Gasteiger partial charge is 0.270 e. The van der Waals surface area contributed by atoms with Gasteiger partial charge in [-0.05, 0) is 43.2 Å². The number of nitro benzene ring substituents is 1. The third-order valence-corrected chi connectivity index (χ3v) is 8.31. The van der Waals surface area contributed by atoms with Gasteiger partial charge in [-0.15, -0.1) is 0 Å². The highest BCUT2D eigenvalue weighted by Crippen LogP contribution is 2.35. The SMILES string of the molecule is O=[N+]([O-])c1ccc(N2CCC(CCc3ccccc3)CC2)c(S(=O)(=O)N2CCOCC2)c1. The zero-order valence-corrected chi connectivity index (χ0v) is 18.9. The van der Waals surface area contributed by atoms with Crippen molar-refractivity contribution >= 4 is 21.4 Å². The summed E-state index contributed by atoms with van der Waals surface area (Å²) in [7, 11) is -3.85. The van der Waals surface area contributed by atoms with Gasteiger partial charge in [-0.2, -0.15) is 4.31 Å². The van der Waals surface area contributed by atoms with Crippen LogP contribution >= 0.6 is 0 Å². The number of piperidine rings is 1. The molecule has 8 nitrogen and oxygen atoms in total. The van der Waals surface area contributed by atoms with Crippen LogP contribution in [0.3, 0.4) is 0 Å². The van der Waals surface area contributed by atoms with Gasteiger partial charge in [0.1, 0.15) is 4.90 Å². The van der Waals surface area contributed by atoms with Gasteiger partial charge in [0, 0.05) is 38.3 Å². The zero-order chi connectivity index (χ0) is 22.6. The second-order valence-corrected chi connectivity index (χ2v) is 10.3. The predicted octanol–water partition coefficient (Wildman–Crippen LogP) is 3.46. The maximum absolute atomic E-state index is 13.4. The summed E-state index contributed by atoms with van der Waals surface area (Å²) in [6.45, 7) is 2.65. The van der Waals surface area contributed by atoms with Crippen molar-refractivity contribution in [1.82, 2.24) is 4.31 Å². The number of hydrogen-bond acceptors (Lipinski definition) is 6. The lowest BCUT2D eigenvalue weighted by Gasteiger charge is -2.35. The van der Waals surface area contributed by atoms with Gasteiger partial charge in [-0.1, -0.05) is 30.3 Å². The number of morpholine rings is 1. The number of aryl methyl sites for hydroxylation is 1. The van der Waals surface area contributed by atoms with Crippen LogP contribution in [0.1, 0.15) is 24.8 Å². The standard InChI is InChI=1S/C23H29N3O5S/c27-26(28)21-8-9-22(23(18-21)32(29,30)25-14-16-31-17-15-25)24-12-10-20(11-13-24)7-6-19-4-2-1-3-5-19/h1-5,8-9,18,20H,6-7,10-17H2. The fourth-order valence-electron chi connectivity index (χ4n) is 4.49. The minimum atomic E-state index is -3.85. The predicted molar refractivity (Wildman–Crippen MR) is 122 cm³/mol. The summed E-state index contributed by atoms with van der Waals surface area (Å²) < 4.78 is 33.4. The van der Waals surface area contributed by atoms with E-state index in [9.17, 15) is 18.5 Å². The number of anilines is 1. The summed E-state index contributed by atoms with van der Waals surface area (Å²) in [4.78, 5) is 12.9. The van der Waals surface area contributed by atoms with E-state index in [2.05, 4.69) is 29.2 Å². The van der Waals surface area contributed by atoms with E-state index in [-0.39, 0.29) is 23.7 Å². The van der Waals surface area contributed by atoms with Crippen LogP contribution in [0.15, 0.2) is 53.4 Å². The van der Waals surface area contributed by atoms with Crippen molar-refractivity contribution in [2.45, 2.75) is 30.6 Å². The van der Waals surface area contributed by atoms with Crippen LogP contribution in [-0.4, -0.2) is 57.0 Å². The second-order valence-electron chi connectivity index (χ2n) is 8.38. The van der Waals surface area contributed by atoms with Gasteiger partial charge >= 0.3 is 0 Å². The fraction of sp³-hybridized carbons (Fsp3) is 0.478. The normalized spacial score (nSPS) is 18.6. The summed E-state index contributed by atoms with van der Waals surface area (Å²) in [5, 5.41) is 11.3. The topological polar surface area (TPSA) is 93.0 Å². The van der Waals surface area contributed by atoms with E-state index in [0.717, 1.165) is 38.8 Å². The molecule has 0 spiro atoms. The molecule has 0 bridgehead atoms. The molecule has 0 aliphatic carbocycles. The van der Waals surface area contributed by atoms with Crippen molar-refractivity contribution in [3.05, 3.63) is 64.2 Å². The highest BCUT2D eigenvalue weighted by Gasteiger charge is 2.32. The third-order valence-electron chi connectivity index (χ3n) is 6.38. The number of hydrogen-bond donors (Lipinski definition) is 0. The van der Waals surface area contributed by atoms with Gasteiger partial charge in [-0.3, -0.25) is 10.1 Å². The Balaban J connectivity index is 1.50. The largest absolute Gasteiger partial charge is 0.379 e. The molecule has 0 atom stereocenters. The lowest BCUT2D eigenvalue weighted by Crippen LogP contribution is -2.42. The Morgan fingerprint density at radius 1 is 1.00 bits per heavy atom. The number of nitro groups is 1. The summed E-state index contributed by atoms with van der Waals surface area (Å²) >= 11 is 0. The average molecular weight is 460 g/mol. The molecule has 2 aliphatic heterocycles. The molecule has 0 amide bonds. The maximum atomic E-state index is 13.4. The average Bonchev–Trinajstić information content (AvgIpc) is 2.84. The Hall–Kier alpha value is -2.49. The summed E-state index contributed by atoms with van der Waals surface area (Å²) in [5.41, 5.74) is 1.69. The van der Waals surface area contributed by atoms with Crippen molar-refractivity contribution < 1.29 is 18.1 Å². The number of rotatable bonds is 7. The monoisotopic (exact) mass is 459 g/mol. The van der Waals surface area contributed by atoms with E-state index >= 15 is 0 Å². The lowest BCUT2D eigenvalue weighted by molar-refractivity contribution is -0.385. The molecule has 2 fully saturated rings. The van der Waals surface area contributed by atoms with Crippen LogP contribution in [0, 0.1) is 16.0 Å². The first-order chi connectivity index (χ1) is 15.4. The van der Waals surface area contributed by atoms with Crippen molar-refractivity contribution in [2.75, 3.05) is 44.3 Å². The molecule has 0 aromatic heterocycles. The maximum Gasteiger partial charge on any atom is 0.270 e. The zero-order valence-electron chi connectivity index (χ0n) is 18.1. The van der Waals surface area contributed by atoms with Gasteiger partial charge < -0.3 is 9.64 Å². The first-order valence-electron chi connectivity index (χ1n) is 11.1. The molecule has 2 aromatic rings. The van der Waals surface area contributed by atoms with Crippen molar-refractivity contribution in [2.24, 2.45) is 5.92 Å². The molecule has 4 rings (SSSR count). The molecule has 0 radical (unpaired) electrons. The van der Waals surface area contributed by atoms with E-state index in [0.29, 0.717) is 24.8 Å². The molecule has 2 saturated heterocycles. The van der Waals surface area contributed by atoms with Crippen LogP contribution in [0.2, 0.25) is 0 Å². The Bertz CT molecular complexity index is 1030. The number of benzene rings is 2. The molecule has 32 heavy (non-hydrogen) atoms. The number of sulfonamides is 1. The second kappa shape index (κ2) is 9.97. The van der Waals surface area contributed by atoms with Gasteiger partial charge in [-0.25, -0.2) is 8.42 Å². The van der Waals surface area contributed by atoms with E-state index in [4.69, 9.17) is 4.74 Å². The first-order valence-corrected chi connectivity index (χ1v) is 12.5. The number of ether oxygens (including phenoxy) is 1. The van der Waals surface area contributed by atoms with Crippen LogP contribution in [-0.2, 0) is 21.2 Å². The summed E-state index contributed by atoms with van der Waals surface area (Å²) in [5.74, 6) is 0.587. The molecular weight excluding hydrogens is 430 g/mol. The van der Waals surface area contributed by atoms with E-state index in [1.165, 1.54) is 22.0 Å². The lowest BCUT2D eigenvalue weighted by atomic mass is 9.90. The van der Waals surface area contributed by atoms with Crippen LogP contribution in [0.25, 0.3) is 0 Å². The minimum absolute atomic E-state index is 0.0244. The van der Waals surface area contributed by atoms with Crippen molar-refractivity contribution in [3.8, 4) is 0 Å². The Morgan fingerprint density at radius 3 is 2.34 bits per heavy atom. The van der Waals surface area contributed by atoms with Gasteiger partial charge in [0.05, 0.1) is 23.8 Å². The van der Waals surface area contributed by atoms with Crippen LogP contribution in [0.5, 0.6) is 0 Å². The number of non-ortho nitro benzene ring substituents is 1. The molecule has 0 N–H and O–H groups in total. The molecular formula is C23H29N3O5S. The Morgan fingerprint density at radius 2 is 1.69 bits per heavy atom. The molecule has 172 valence electrons. The van der Waals surface area contributed by atoms with Crippen molar-refractivity contribution in [1.29, 1.82) is 0 Å². The summed E-state index contributed by atoms with van der Waals surface area (Å²) in [6, 6.07) is 14.6. The molecule has 2 aliphatic rings. The van der Waals surface area contributed by atoms with Gasteiger partial charge in [0.2, 0.25) is 10.0 Å². The van der Waals surface area contributed by atoms with E-state index in [1.807, 2.05) is 6.07 Å². The van der Waals surface area contributed by atoms with Crippen molar-refractivity contribution in [3.63, 3.8) is 0 Å². The third kappa shape index (κ3) is 5.11. The van der Waals surface area contributed by atoms with Gasteiger partial charge in [0.15, 0.2) is 0 Å². The summed E-state index contributed by atoms with van der Waals surface area (Å²) in [6.07, 6.45) is 4.10. The van der Waals surface area contributed by atoms with E-state index < -0.39 is 14.9 Å². The molecule has 0 saturated carbocycles. The molecule has 9 heteroatoms. The van der Waals surface area contributed by atoms with Gasteiger partial charge in [0.25, 0.3) is 5.69 Å².